The quantitative estimate of drug-likeness (QED) is 0.271. The van der Waals surface area contributed by atoms with Crippen LogP contribution in [0.1, 0.15) is 36.7 Å². The Bertz CT molecular complexity index is 1490. The van der Waals surface area contributed by atoms with Crippen molar-refractivity contribution in [2.45, 2.75) is 32.9 Å². The molecule has 3 aromatic carbocycles. The van der Waals surface area contributed by atoms with E-state index in [1.165, 1.54) is 35.0 Å². The number of anilines is 2. The Morgan fingerprint density at radius 2 is 1.59 bits per heavy atom. The summed E-state index contributed by atoms with van der Waals surface area (Å²) in [6.45, 7) is 5.73. The zero-order chi connectivity index (χ0) is 28.6. The topological polar surface area (TPSA) is 124 Å². The van der Waals surface area contributed by atoms with Gasteiger partial charge in [-0.25, -0.2) is 14.0 Å². The number of nitrogens with one attached hydrogen (secondary N) is 1. The summed E-state index contributed by atoms with van der Waals surface area (Å²) in [5.74, 6) is -1.33. The normalized spacial score (nSPS) is 10.7. The van der Waals surface area contributed by atoms with Crippen LogP contribution in [-0.4, -0.2) is 27.3 Å². The third-order valence-electron chi connectivity index (χ3n) is 5.29. The van der Waals surface area contributed by atoms with E-state index in [-0.39, 0.29) is 16.9 Å². The Hall–Kier alpha value is -4.92. The van der Waals surface area contributed by atoms with E-state index in [2.05, 4.69) is 5.32 Å². The maximum Gasteiger partial charge on any atom is 0.412 e. The molecule has 0 aliphatic heterocycles. The number of nitrogen functional groups attached to an aromatic ring is 1. The third-order valence-corrected chi connectivity index (χ3v) is 5.29. The first-order valence-corrected chi connectivity index (χ1v) is 12.0. The molecule has 0 aliphatic rings. The zero-order valence-electron chi connectivity index (χ0n) is 21.9. The maximum absolute atomic E-state index is 12.9. The minimum Gasteiger partial charge on any atom is -0.478 e. The second kappa shape index (κ2) is 12.6. The lowest BCUT2D eigenvalue weighted by atomic mass is 10.0. The lowest BCUT2D eigenvalue weighted by Crippen LogP contribution is -2.27. The van der Waals surface area contributed by atoms with E-state index < -0.39 is 17.7 Å². The van der Waals surface area contributed by atoms with Gasteiger partial charge < -0.3 is 20.1 Å². The van der Waals surface area contributed by atoms with Gasteiger partial charge in [0.15, 0.2) is 0 Å². The highest BCUT2D eigenvalue weighted by atomic mass is 19.1. The molecular formula is C30H30FN3O5. The average molecular weight is 532 g/mol. The number of aromatic nitrogens is 1. The molecule has 0 saturated carbocycles. The summed E-state index contributed by atoms with van der Waals surface area (Å²) in [5, 5.41) is 11.5. The molecule has 1 aromatic heterocycles. The van der Waals surface area contributed by atoms with E-state index in [1.54, 1.807) is 51.1 Å². The summed E-state index contributed by atoms with van der Waals surface area (Å²) >= 11 is 0. The van der Waals surface area contributed by atoms with Gasteiger partial charge in [-0.15, -0.1) is 0 Å². The molecule has 0 fully saturated rings. The number of halogens is 1. The van der Waals surface area contributed by atoms with Crippen LogP contribution in [0.4, 0.5) is 20.6 Å². The van der Waals surface area contributed by atoms with Crippen molar-refractivity contribution in [3.63, 3.8) is 0 Å². The molecule has 0 unspecified atom stereocenters. The molecule has 1 amide bonds. The number of carboxylic acids is 1. The molecular weight excluding hydrogens is 501 g/mol. The number of amides is 1. The van der Waals surface area contributed by atoms with Crippen molar-refractivity contribution in [3.8, 4) is 11.1 Å². The lowest BCUT2D eigenvalue weighted by molar-refractivity contribution is 0.0634. The van der Waals surface area contributed by atoms with Crippen molar-refractivity contribution < 1.29 is 23.8 Å². The summed E-state index contributed by atoms with van der Waals surface area (Å²) in [6.07, 6.45) is 0.797. The molecule has 8 nitrogen and oxygen atoms in total. The van der Waals surface area contributed by atoms with Crippen LogP contribution in [0.25, 0.3) is 11.1 Å². The van der Waals surface area contributed by atoms with Crippen molar-refractivity contribution in [2.24, 2.45) is 0 Å². The Labute approximate surface area is 225 Å². The van der Waals surface area contributed by atoms with Gasteiger partial charge >= 0.3 is 12.1 Å². The predicted molar refractivity (Wildman–Crippen MR) is 149 cm³/mol. The van der Waals surface area contributed by atoms with Crippen LogP contribution in [-0.2, 0) is 11.3 Å². The molecule has 4 rings (SSSR count). The van der Waals surface area contributed by atoms with E-state index in [9.17, 15) is 18.8 Å². The van der Waals surface area contributed by atoms with Gasteiger partial charge in [0, 0.05) is 12.3 Å². The maximum atomic E-state index is 12.9. The first-order valence-electron chi connectivity index (χ1n) is 12.0. The van der Waals surface area contributed by atoms with Crippen LogP contribution < -0.4 is 16.6 Å². The number of carbonyl (C=O) groups is 2. The van der Waals surface area contributed by atoms with Crippen LogP contribution in [0.15, 0.2) is 95.9 Å². The van der Waals surface area contributed by atoms with Crippen LogP contribution in [0.5, 0.6) is 0 Å². The molecule has 0 spiro atoms. The van der Waals surface area contributed by atoms with Gasteiger partial charge in [-0.05, 0) is 67.8 Å². The van der Waals surface area contributed by atoms with Crippen molar-refractivity contribution >= 4 is 23.4 Å². The molecule has 202 valence electrons. The molecule has 0 bridgehead atoms. The number of benzene rings is 3. The van der Waals surface area contributed by atoms with Crippen LogP contribution in [0.3, 0.4) is 0 Å². The fourth-order valence-electron chi connectivity index (χ4n) is 3.47. The van der Waals surface area contributed by atoms with Crippen molar-refractivity contribution in [1.29, 1.82) is 0 Å². The highest BCUT2D eigenvalue weighted by Gasteiger charge is 2.17. The van der Waals surface area contributed by atoms with Crippen LogP contribution >= 0.6 is 0 Å². The van der Waals surface area contributed by atoms with Crippen molar-refractivity contribution in [1.82, 2.24) is 4.57 Å². The Morgan fingerprint density at radius 3 is 2.18 bits per heavy atom. The first-order chi connectivity index (χ1) is 18.4. The fraction of sp³-hybridized carbons (Fsp3) is 0.167. The highest BCUT2D eigenvalue weighted by Crippen LogP contribution is 2.27. The molecule has 4 N–H and O–H groups in total. The fourth-order valence-corrected chi connectivity index (χ4v) is 3.47. The van der Waals surface area contributed by atoms with Crippen LogP contribution in [0.2, 0.25) is 0 Å². The molecule has 0 atom stereocenters. The van der Waals surface area contributed by atoms with Gasteiger partial charge in [0.05, 0.1) is 23.5 Å². The molecule has 0 saturated heterocycles. The zero-order valence-corrected chi connectivity index (χ0v) is 21.9. The number of ether oxygens (including phenoxy) is 1. The first kappa shape index (κ1) is 28.6. The number of carbonyl (C=O) groups excluding carboxylic acids is 1. The average Bonchev–Trinajstić information content (AvgIpc) is 2.87. The Balaban J connectivity index is 0.000000223. The third kappa shape index (κ3) is 8.85. The molecule has 39 heavy (non-hydrogen) atoms. The van der Waals surface area contributed by atoms with Gasteiger partial charge in [-0.3, -0.25) is 10.1 Å². The monoisotopic (exact) mass is 531 g/mol. The van der Waals surface area contributed by atoms with Gasteiger partial charge in [0.1, 0.15) is 11.4 Å². The summed E-state index contributed by atoms with van der Waals surface area (Å²) < 4.78 is 19.5. The van der Waals surface area contributed by atoms with Gasteiger partial charge in [-0.2, -0.15) is 0 Å². The molecule has 0 aliphatic carbocycles. The largest absolute Gasteiger partial charge is 0.478 e. The number of carboxylic acid groups (broad SMARTS) is 1. The SMILES string of the molecule is CC(C)(C)OC(=O)Nc1ccc(-c2ccc(F)cc2)cc1N.O=C(O)c1ccc(=O)n(Cc2ccccc2)c1. The summed E-state index contributed by atoms with van der Waals surface area (Å²) in [4.78, 5) is 34.1. The molecule has 9 heteroatoms. The molecule has 0 radical (unpaired) electrons. The number of nitrogens with two attached hydrogens (primary N) is 1. The number of hydrogen-bond donors (Lipinski definition) is 3. The molecule has 1 heterocycles. The minimum absolute atomic E-state index is 0.112. The second-order valence-corrected chi connectivity index (χ2v) is 9.61. The molecule has 4 aromatic rings. The smallest absolute Gasteiger partial charge is 0.412 e. The van der Waals surface area contributed by atoms with Crippen molar-refractivity contribution in [2.75, 3.05) is 11.1 Å². The van der Waals surface area contributed by atoms with E-state index in [4.69, 9.17) is 15.6 Å². The Kier molecular flexibility index (Phi) is 9.22. The van der Waals surface area contributed by atoms with Gasteiger partial charge in [-0.1, -0.05) is 48.5 Å². The van der Waals surface area contributed by atoms with Gasteiger partial charge in [0.25, 0.3) is 5.56 Å². The standard InChI is InChI=1S/C17H19FN2O2.C13H11NO3/c1-17(2,3)22-16(21)20-15-9-6-12(10-14(15)19)11-4-7-13(18)8-5-11;15-12-7-6-11(13(16)17)9-14(12)8-10-4-2-1-3-5-10/h4-10H,19H2,1-3H3,(H,20,21);1-7,9H,8H2,(H,16,17). The number of hydrogen-bond acceptors (Lipinski definition) is 5. The van der Waals surface area contributed by atoms with E-state index >= 15 is 0 Å². The number of rotatable bonds is 5. The lowest BCUT2D eigenvalue weighted by Gasteiger charge is -2.20. The van der Waals surface area contributed by atoms with E-state index in [0.29, 0.717) is 17.9 Å². The van der Waals surface area contributed by atoms with Crippen molar-refractivity contribution in [3.05, 3.63) is 118 Å². The van der Waals surface area contributed by atoms with E-state index in [1.807, 2.05) is 30.3 Å². The summed E-state index contributed by atoms with van der Waals surface area (Å²) in [6, 6.07) is 23.3. The van der Waals surface area contributed by atoms with Gasteiger partial charge in [0.2, 0.25) is 0 Å². The summed E-state index contributed by atoms with van der Waals surface area (Å²) in [7, 11) is 0. The predicted octanol–water partition coefficient (Wildman–Crippen LogP) is 6.02. The van der Waals surface area contributed by atoms with Crippen LogP contribution in [0, 0.1) is 5.82 Å². The minimum atomic E-state index is -1.04. The van der Waals surface area contributed by atoms with E-state index in [0.717, 1.165) is 16.7 Å². The highest BCUT2D eigenvalue weighted by molar-refractivity contribution is 5.90. The number of nitrogens with zero attached hydrogens (tertiary/aromatic N) is 1. The number of pyridine rings is 1. The second-order valence-electron chi connectivity index (χ2n) is 9.61. The summed E-state index contributed by atoms with van der Waals surface area (Å²) in [5.41, 5.74) is 8.80. The number of aromatic carboxylic acids is 1. The Morgan fingerprint density at radius 1 is 0.949 bits per heavy atom.